The minimum absolute atomic E-state index is 0.0129. The first kappa shape index (κ1) is 38.7. The smallest absolute Gasteiger partial charge is 0.350 e. The summed E-state index contributed by atoms with van der Waals surface area (Å²) in [5.41, 5.74) is 1.32. The van der Waals surface area contributed by atoms with E-state index < -0.39 is 35.2 Å². The summed E-state index contributed by atoms with van der Waals surface area (Å²) in [6.45, 7) is 5.89. The van der Waals surface area contributed by atoms with E-state index in [4.69, 9.17) is 4.52 Å². The van der Waals surface area contributed by atoms with Crippen molar-refractivity contribution in [1.82, 2.24) is 45.8 Å². The molecule has 19 heteroatoms. The number of H-pyrrole nitrogens is 1. The van der Waals surface area contributed by atoms with Crippen molar-refractivity contribution in [3.05, 3.63) is 94.5 Å². The lowest BCUT2D eigenvalue weighted by Crippen LogP contribution is -2.61. The van der Waals surface area contributed by atoms with Crippen LogP contribution in [0.15, 0.2) is 53.3 Å². The maximum atomic E-state index is 15.4. The minimum atomic E-state index is -4.57. The van der Waals surface area contributed by atoms with E-state index in [1.165, 1.54) is 35.5 Å². The van der Waals surface area contributed by atoms with Gasteiger partial charge in [0.1, 0.15) is 22.9 Å². The van der Waals surface area contributed by atoms with E-state index >= 15 is 8.78 Å². The number of carbonyl (C=O) groups is 3. The summed E-state index contributed by atoms with van der Waals surface area (Å²) in [5.74, 6) is -2.33. The zero-order valence-corrected chi connectivity index (χ0v) is 31.5. The highest BCUT2D eigenvalue weighted by atomic mass is 19.4. The molecule has 3 aromatic heterocycles. The fourth-order valence-corrected chi connectivity index (χ4v) is 7.84. The number of amides is 4. The molecule has 2 aromatic carbocycles. The average molecular weight is 805 g/mol. The van der Waals surface area contributed by atoms with Gasteiger partial charge < -0.3 is 9.84 Å². The highest BCUT2D eigenvalue weighted by molar-refractivity contribution is 6.06. The number of rotatable bonds is 10. The van der Waals surface area contributed by atoms with Crippen LogP contribution in [0.4, 0.5) is 32.4 Å². The van der Waals surface area contributed by atoms with Gasteiger partial charge in [0.15, 0.2) is 17.3 Å². The Morgan fingerprint density at radius 2 is 1.78 bits per heavy atom. The second-order valence-corrected chi connectivity index (χ2v) is 15.8. The average Bonchev–Trinajstić information content (AvgIpc) is 3.84. The molecular formula is C39H37F5N10O4. The number of imide groups is 1. The molecule has 5 aromatic rings. The number of benzene rings is 2. The van der Waals surface area contributed by atoms with Gasteiger partial charge in [-0.05, 0) is 73.8 Å². The number of carbonyl (C=O) groups excluding carboxylic acids is 3. The maximum absolute atomic E-state index is 15.4. The molecule has 58 heavy (non-hydrogen) atoms. The number of aromatic amines is 1. The molecule has 14 nitrogen and oxygen atoms in total. The Balaban J connectivity index is 0.822. The molecule has 1 saturated carbocycles. The summed E-state index contributed by atoms with van der Waals surface area (Å²) < 4.78 is 75.7. The Morgan fingerprint density at radius 1 is 1.03 bits per heavy atom. The van der Waals surface area contributed by atoms with Crippen molar-refractivity contribution in [1.29, 1.82) is 0 Å². The van der Waals surface area contributed by atoms with Gasteiger partial charge in [-0.1, -0.05) is 23.4 Å². The molecule has 3 aliphatic rings. The van der Waals surface area contributed by atoms with Crippen molar-refractivity contribution in [2.24, 2.45) is 5.41 Å². The summed E-state index contributed by atoms with van der Waals surface area (Å²) in [6, 6.07) is 8.95. The Bertz CT molecular complexity index is 2420. The first-order chi connectivity index (χ1) is 27.5. The highest BCUT2D eigenvalue weighted by Gasteiger charge is 2.53. The SMILES string of the molecule is Cc1cc(C2CC3(C2)CN(Cc2ccc(-c4cnc(-c5cc(C(=O)NCc6nc(C(C)(C)C(F)(F)F)n[nH]6)on5)nc4)c(F)c2)C3)c(F)cc1N1CCC(=O)NC1=O. The zero-order valence-electron chi connectivity index (χ0n) is 31.5. The fourth-order valence-electron chi connectivity index (χ4n) is 7.84. The summed E-state index contributed by atoms with van der Waals surface area (Å²) in [5, 5.41) is 14.6. The van der Waals surface area contributed by atoms with Crippen molar-refractivity contribution in [2.75, 3.05) is 24.5 Å². The van der Waals surface area contributed by atoms with Crippen LogP contribution in [0.1, 0.15) is 77.9 Å². The van der Waals surface area contributed by atoms with E-state index in [-0.39, 0.29) is 65.7 Å². The number of hydrogen-bond acceptors (Lipinski definition) is 10. The summed E-state index contributed by atoms with van der Waals surface area (Å²) in [6.07, 6.45) is 0.119. The number of hydrogen-bond donors (Lipinski definition) is 3. The second-order valence-electron chi connectivity index (χ2n) is 15.8. The molecule has 2 saturated heterocycles. The molecule has 2 aliphatic heterocycles. The zero-order chi connectivity index (χ0) is 41.1. The van der Waals surface area contributed by atoms with Gasteiger partial charge >= 0.3 is 12.2 Å². The third kappa shape index (κ3) is 7.29. The monoisotopic (exact) mass is 804 g/mol. The molecule has 5 heterocycles. The van der Waals surface area contributed by atoms with Gasteiger partial charge in [-0.25, -0.2) is 28.5 Å². The lowest BCUT2D eigenvalue weighted by molar-refractivity contribution is -0.182. The predicted octanol–water partition coefficient (Wildman–Crippen LogP) is 6.10. The van der Waals surface area contributed by atoms with Crippen LogP contribution in [-0.4, -0.2) is 78.9 Å². The predicted molar refractivity (Wildman–Crippen MR) is 196 cm³/mol. The standard InChI is InChI=1S/C39H37F5N10O4/c1-20-8-25(27(41)10-29(20)54-7-6-32(55)49-36(54)57)22-12-38(13-22)18-53(19-38)17-21-4-5-24(26(40)9-21)23-14-45-33(46-15-23)28-11-30(58-52-28)34(56)47-16-31-48-35(51-50-31)37(2,3)39(42,43)44/h4-5,8-11,14-15,22H,6-7,12-13,16-19H2,1-3H3,(H,47,56)(H,48,50,51)(H,49,55,57). The number of aryl methyl sites for hydroxylation is 1. The summed E-state index contributed by atoms with van der Waals surface area (Å²) in [4.78, 5) is 52.5. The van der Waals surface area contributed by atoms with Crippen LogP contribution in [0.25, 0.3) is 22.6 Å². The summed E-state index contributed by atoms with van der Waals surface area (Å²) in [7, 11) is 0. The van der Waals surface area contributed by atoms with Crippen LogP contribution in [0.5, 0.6) is 0 Å². The van der Waals surface area contributed by atoms with Gasteiger partial charge in [0.05, 0.1) is 12.2 Å². The van der Waals surface area contributed by atoms with Gasteiger partial charge in [0.25, 0.3) is 5.91 Å². The molecular weight excluding hydrogens is 767 g/mol. The number of nitrogens with zero attached hydrogens (tertiary/aromatic N) is 7. The Morgan fingerprint density at radius 3 is 2.47 bits per heavy atom. The van der Waals surface area contributed by atoms with Crippen LogP contribution in [0.3, 0.4) is 0 Å². The van der Waals surface area contributed by atoms with E-state index in [9.17, 15) is 27.6 Å². The molecule has 0 bridgehead atoms. The third-order valence-corrected chi connectivity index (χ3v) is 11.2. The van der Waals surface area contributed by atoms with E-state index in [0.29, 0.717) is 28.9 Å². The first-order valence-corrected chi connectivity index (χ1v) is 18.5. The third-order valence-electron chi connectivity index (χ3n) is 11.2. The number of anilines is 1. The van der Waals surface area contributed by atoms with Crippen molar-refractivity contribution in [2.45, 2.75) is 70.6 Å². The number of urea groups is 1. The molecule has 8 rings (SSSR count). The molecule has 1 spiro atoms. The molecule has 302 valence electrons. The Labute approximate surface area is 327 Å². The number of likely N-dealkylation sites (tertiary alicyclic amines) is 1. The Kier molecular flexibility index (Phi) is 9.60. The van der Waals surface area contributed by atoms with Crippen LogP contribution < -0.4 is 15.5 Å². The van der Waals surface area contributed by atoms with Crippen molar-refractivity contribution in [3.63, 3.8) is 0 Å². The van der Waals surface area contributed by atoms with E-state index in [1.54, 1.807) is 6.07 Å². The van der Waals surface area contributed by atoms with Gasteiger partial charge in [0.2, 0.25) is 11.7 Å². The van der Waals surface area contributed by atoms with Crippen LogP contribution >= 0.6 is 0 Å². The van der Waals surface area contributed by atoms with Gasteiger partial charge in [0, 0.05) is 62.2 Å². The number of alkyl halides is 3. The molecule has 0 unspecified atom stereocenters. The van der Waals surface area contributed by atoms with Gasteiger partial charge in [-0.15, -0.1) is 0 Å². The van der Waals surface area contributed by atoms with Crippen LogP contribution in [0.2, 0.25) is 0 Å². The topological polar surface area (TPSA) is 175 Å². The van der Waals surface area contributed by atoms with Gasteiger partial charge in [-0.2, -0.15) is 18.3 Å². The molecule has 3 N–H and O–H groups in total. The lowest BCUT2D eigenvalue weighted by atomic mass is 9.56. The van der Waals surface area contributed by atoms with Crippen LogP contribution in [-0.2, 0) is 23.3 Å². The lowest BCUT2D eigenvalue weighted by Gasteiger charge is -2.59. The molecule has 3 fully saturated rings. The van der Waals surface area contributed by atoms with E-state index in [1.807, 2.05) is 19.1 Å². The maximum Gasteiger partial charge on any atom is 0.401 e. The second kappa shape index (κ2) is 14.4. The van der Waals surface area contributed by atoms with Crippen molar-refractivity contribution >= 4 is 23.5 Å². The molecule has 1 aliphatic carbocycles. The number of nitrogens with one attached hydrogen (secondary N) is 3. The highest BCUT2D eigenvalue weighted by Crippen LogP contribution is 2.57. The number of aromatic nitrogens is 6. The van der Waals surface area contributed by atoms with Crippen molar-refractivity contribution < 1.29 is 40.9 Å². The van der Waals surface area contributed by atoms with Crippen LogP contribution in [0, 0.1) is 24.0 Å². The Hall–Kier alpha value is -6.11. The number of halogens is 5. The largest absolute Gasteiger partial charge is 0.401 e. The normalized spacial score (nSPS) is 17.3. The van der Waals surface area contributed by atoms with E-state index in [2.05, 4.69) is 45.8 Å². The minimum Gasteiger partial charge on any atom is -0.350 e. The summed E-state index contributed by atoms with van der Waals surface area (Å²) >= 11 is 0. The molecule has 0 atom stereocenters. The molecule has 4 amide bonds. The van der Waals surface area contributed by atoms with Gasteiger partial charge in [-0.3, -0.25) is 29.8 Å². The fraction of sp³-hybridized carbons (Fsp3) is 0.385. The van der Waals surface area contributed by atoms with E-state index in [0.717, 1.165) is 50.9 Å². The van der Waals surface area contributed by atoms with Crippen molar-refractivity contribution in [3.8, 4) is 22.6 Å². The quantitative estimate of drug-likeness (QED) is 0.140. The first-order valence-electron chi connectivity index (χ1n) is 18.5. The molecule has 0 radical (unpaired) electrons.